The van der Waals surface area contributed by atoms with Crippen LogP contribution in [0.4, 0.5) is 9.59 Å². The van der Waals surface area contributed by atoms with Crippen molar-refractivity contribution in [3.63, 3.8) is 0 Å². The van der Waals surface area contributed by atoms with Gasteiger partial charge < -0.3 is 44.7 Å². The third kappa shape index (κ3) is 11.5. The number of benzene rings is 3. The average molecular weight is 796 g/mol. The number of hydrogen-bond acceptors (Lipinski definition) is 11. The van der Waals surface area contributed by atoms with Crippen LogP contribution in [0.2, 0.25) is 0 Å². The van der Waals surface area contributed by atoms with E-state index >= 15 is 0 Å². The summed E-state index contributed by atoms with van der Waals surface area (Å²) in [6.07, 6.45) is 2.09. The molecule has 0 fully saturated rings. The highest BCUT2D eigenvalue weighted by atomic mass is 32.2. The summed E-state index contributed by atoms with van der Waals surface area (Å²) in [6, 6.07) is 11.0. The standard InChI is InChI=1S/C39H49N5O11S/c1-23-24(2)34(25(3)31-22-39(4,5)55-33(23)31)56(49,50)44-36(40)42-16-8-9-32(43-37(46)47)35(45)41-17-18-53-38(48)54-28-14-12-26(13-15-28)10-11-27-19-29(51-6)21-30(20-27)52-7/h10-15,19-21,32,43H,8-9,16-18,22H2,1-7H3,(H,41,45)(H,46,47)(H3,40,42,44)/b11-10+. The van der Waals surface area contributed by atoms with Crippen LogP contribution in [0.15, 0.2) is 47.4 Å². The lowest BCUT2D eigenvalue weighted by Gasteiger charge is -2.20. The molecule has 6 N–H and O–H groups in total. The third-order valence-corrected chi connectivity index (χ3v) is 10.5. The van der Waals surface area contributed by atoms with Gasteiger partial charge in [0.15, 0.2) is 0 Å². The highest BCUT2D eigenvalue weighted by Crippen LogP contribution is 2.43. The Morgan fingerprint density at radius 2 is 1.55 bits per heavy atom. The summed E-state index contributed by atoms with van der Waals surface area (Å²) < 4.78 is 56.0. The van der Waals surface area contributed by atoms with Crippen molar-refractivity contribution in [3.8, 4) is 23.0 Å². The zero-order chi connectivity index (χ0) is 41.2. The minimum absolute atomic E-state index is 0.0188. The summed E-state index contributed by atoms with van der Waals surface area (Å²) in [5, 5.41) is 24.8. The summed E-state index contributed by atoms with van der Waals surface area (Å²) >= 11 is 0. The summed E-state index contributed by atoms with van der Waals surface area (Å²) in [5.41, 5.74) is 3.86. The van der Waals surface area contributed by atoms with E-state index in [2.05, 4.69) is 20.7 Å². The summed E-state index contributed by atoms with van der Waals surface area (Å²) in [7, 11) is -0.992. The first-order valence-electron chi connectivity index (χ1n) is 17.7. The second kappa shape index (κ2) is 18.6. The molecule has 1 atom stereocenters. The maximum atomic E-state index is 13.4. The molecule has 1 heterocycles. The Morgan fingerprint density at radius 1 is 0.911 bits per heavy atom. The summed E-state index contributed by atoms with van der Waals surface area (Å²) in [5.74, 6) is 1.10. The number of hydrogen-bond donors (Lipinski definition) is 6. The molecule has 0 aliphatic carbocycles. The van der Waals surface area contributed by atoms with Crippen molar-refractivity contribution < 1.29 is 51.6 Å². The number of carboxylic acid groups (broad SMARTS) is 1. The van der Waals surface area contributed by atoms with Gasteiger partial charge in [0, 0.05) is 24.6 Å². The Kier molecular flexibility index (Phi) is 14.2. The van der Waals surface area contributed by atoms with Gasteiger partial charge in [-0.1, -0.05) is 24.3 Å². The minimum Gasteiger partial charge on any atom is -0.497 e. The van der Waals surface area contributed by atoms with Crippen LogP contribution in [0.5, 0.6) is 23.0 Å². The fourth-order valence-corrected chi connectivity index (χ4v) is 7.65. The highest BCUT2D eigenvalue weighted by Gasteiger charge is 2.36. The molecule has 2 amide bonds. The van der Waals surface area contributed by atoms with Gasteiger partial charge in [-0.3, -0.25) is 10.2 Å². The number of amides is 2. The molecule has 0 radical (unpaired) electrons. The zero-order valence-electron chi connectivity index (χ0n) is 32.5. The van der Waals surface area contributed by atoms with Gasteiger partial charge in [-0.15, -0.1) is 0 Å². The maximum absolute atomic E-state index is 13.4. The molecule has 302 valence electrons. The lowest BCUT2D eigenvalue weighted by atomic mass is 9.94. The molecule has 3 aromatic rings. The Balaban J connectivity index is 1.19. The molecule has 0 saturated carbocycles. The molecule has 56 heavy (non-hydrogen) atoms. The molecule has 1 aliphatic heterocycles. The van der Waals surface area contributed by atoms with Crippen molar-refractivity contribution in [1.29, 1.82) is 5.41 Å². The average Bonchev–Trinajstić information content (AvgIpc) is 3.48. The van der Waals surface area contributed by atoms with Crippen LogP contribution in [-0.4, -0.2) is 83.2 Å². The summed E-state index contributed by atoms with van der Waals surface area (Å²) in [4.78, 5) is 36.4. The quantitative estimate of drug-likeness (QED) is 0.0280. The fourth-order valence-electron chi connectivity index (χ4n) is 6.13. The predicted octanol–water partition coefficient (Wildman–Crippen LogP) is 5.06. The highest BCUT2D eigenvalue weighted by molar-refractivity contribution is 7.90. The molecule has 1 unspecified atom stereocenters. The molecular weight excluding hydrogens is 747 g/mol. The Hall–Kier alpha value is -5.97. The van der Waals surface area contributed by atoms with Gasteiger partial charge in [-0.05, 0) is 99.5 Å². The molecule has 0 bridgehead atoms. The third-order valence-electron chi connectivity index (χ3n) is 8.93. The lowest BCUT2D eigenvalue weighted by Crippen LogP contribution is -2.47. The first-order chi connectivity index (χ1) is 26.4. The van der Waals surface area contributed by atoms with Crippen molar-refractivity contribution in [2.24, 2.45) is 0 Å². The van der Waals surface area contributed by atoms with E-state index in [4.69, 9.17) is 29.1 Å². The SMILES string of the molecule is COc1cc(/C=C/c2ccc(OC(=O)OCCNC(=O)C(CCCNC(=N)NS(=O)(=O)c3c(C)c(C)c4c(c3C)CC(C)(C)O4)NC(=O)O)cc2)cc(OC)c1. The maximum Gasteiger partial charge on any atom is 0.513 e. The van der Waals surface area contributed by atoms with E-state index in [1.165, 1.54) is 0 Å². The van der Waals surface area contributed by atoms with E-state index in [1.54, 1.807) is 65.3 Å². The van der Waals surface area contributed by atoms with Gasteiger partial charge in [0.05, 0.1) is 25.7 Å². The molecule has 4 rings (SSSR count). The molecule has 1 aliphatic rings. The number of guanidine groups is 1. The minimum atomic E-state index is -4.14. The first kappa shape index (κ1) is 42.8. The van der Waals surface area contributed by atoms with Gasteiger partial charge in [0.2, 0.25) is 11.9 Å². The van der Waals surface area contributed by atoms with E-state index < -0.39 is 45.8 Å². The van der Waals surface area contributed by atoms with E-state index in [9.17, 15) is 27.9 Å². The Labute approximate surface area is 326 Å². The van der Waals surface area contributed by atoms with Crippen LogP contribution < -0.4 is 39.6 Å². The monoisotopic (exact) mass is 795 g/mol. The van der Waals surface area contributed by atoms with Gasteiger partial charge in [0.1, 0.15) is 41.2 Å². The van der Waals surface area contributed by atoms with E-state index in [0.29, 0.717) is 34.8 Å². The normalized spacial score (nSPS) is 13.5. The van der Waals surface area contributed by atoms with E-state index in [-0.39, 0.29) is 43.2 Å². The Bertz CT molecular complexity index is 2060. The van der Waals surface area contributed by atoms with Gasteiger partial charge >= 0.3 is 12.2 Å². The largest absolute Gasteiger partial charge is 0.513 e. The van der Waals surface area contributed by atoms with Crippen LogP contribution in [0.25, 0.3) is 12.2 Å². The number of carbonyl (C=O) groups is 3. The second-order valence-electron chi connectivity index (χ2n) is 13.6. The number of carbonyl (C=O) groups excluding carboxylic acids is 2. The van der Waals surface area contributed by atoms with Crippen molar-refractivity contribution >= 4 is 46.3 Å². The summed E-state index contributed by atoms with van der Waals surface area (Å²) in [6.45, 7) is 8.79. The number of fused-ring (bicyclic) bond motifs is 1. The lowest BCUT2D eigenvalue weighted by molar-refractivity contribution is -0.123. The number of ether oxygens (including phenoxy) is 5. The second-order valence-corrected chi connectivity index (χ2v) is 15.3. The molecule has 0 saturated heterocycles. The molecule has 17 heteroatoms. The van der Waals surface area contributed by atoms with Crippen molar-refractivity contribution in [2.75, 3.05) is 33.9 Å². The number of methoxy groups -OCH3 is 2. The predicted molar refractivity (Wildman–Crippen MR) is 209 cm³/mol. The van der Waals surface area contributed by atoms with Gasteiger partial charge in [-0.2, -0.15) is 0 Å². The molecule has 0 spiro atoms. The Morgan fingerprint density at radius 3 is 2.18 bits per heavy atom. The molecule has 0 aromatic heterocycles. The fraction of sp³-hybridized carbons (Fsp3) is 0.385. The van der Waals surface area contributed by atoms with Crippen LogP contribution in [-0.2, 0) is 26.0 Å². The zero-order valence-corrected chi connectivity index (χ0v) is 33.3. The molecule has 3 aromatic carbocycles. The number of rotatable bonds is 16. The van der Waals surface area contributed by atoms with Crippen LogP contribution in [0.1, 0.15) is 60.1 Å². The van der Waals surface area contributed by atoms with E-state index in [0.717, 1.165) is 22.3 Å². The van der Waals surface area contributed by atoms with E-state index in [1.807, 2.05) is 38.1 Å². The first-order valence-corrected chi connectivity index (χ1v) is 19.2. The van der Waals surface area contributed by atoms with Crippen molar-refractivity contribution in [3.05, 3.63) is 75.8 Å². The molecule has 16 nitrogen and oxygen atoms in total. The van der Waals surface area contributed by atoms with Crippen LogP contribution >= 0.6 is 0 Å². The number of nitrogens with one attached hydrogen (secondary N) is 5. The number of sulfonamides is 1. The van der Waals surface area contributed by atoms with Gasteiger partial charge in [0.25, 0.3) is 10.0 Å². The van der Waals surface area contributed by atoms with Crippen LogP contribution in [0, 0.1) is 26.2 Å². The molecular formula is C39H49N5O11S. The topological polar surface area (TPSA) is 224 Å². The van der Waals surface area contributed by atoms with Crippen molar-refractivity contribution in [2.45, 2.75) is 70.4 Å². The van der Waals surface area contributed by atoms with Gasteiger partial charge in [-0.25, -0.2) is 22.7 Å². The smallest absolute Gasteiger partial charge is 0.497 e. The van der Waals surface area contributed by atoms with Crippen molar-refractivity contribution in [1.82, 2.24) is 20.7 Å². The van der Waals surface area contributed by atoms with Crippen LogP contribution in [0.3, 0.4) is 0 Å².